The maximum absolute atomic E-state index is 6.31. The van der Waals surface area contributed by atoms with Gasteiger partial charge in [-0.05, 0) is 30.9 Å². The molecule has 1 saturated carbocycles. The van der Waals surface area contributed by atoms with Crippen LogP contribution in [0.3, 0.4) is 0 Å². The van der Waals surface area contributed by atoms with Crippen molar-refractivity contribution in [1.82, 2.24) is 0 Å². The largest absolute Gasteiger partial charge is 0.464 e. The van der Waals surface area contributed by atoms with Gasteiger partial charge in [-0.15, -0.1) is 0 Å². The van der Waals surface area contributed by atoms with Gasteiger partial charge in [-0.1, -0.05) is 32.6 Å². The van der Waals surface area contributed by atoms with E-state index in [4.69, 9.17) is 10.2 Å². The first-order valence-corrected chi connectivity index (χ1v) is 6.65. The number of hydrogen-bond acceptors (Lipinski definition) is 2. The third-order valence-electron chi connectivity index (χ3n) is 3.77. The maximum Gasteiger partial charge on any atom is 0.121 e. The molecule has 2 nitrogen and oxygen atoms in total. The summed E-state index contributed by atoms with van der Waals surface area (Å²) in [5.41, 5.74) is 6.31. The van der Waals surface area contributed by atoms with Gasteiger partial charge in [-0.2, -0.15) is 0 Å². The summed E-state index contributed by atoms with van der Waals surface area (Å²) in [6, 6.07) is 4.23. The van der Waals surface area contributed by atoms with E-state index >= 15 is 0 Å². The van der Waals surface area contributed by atoms with Crippen molar-refractivity contribution in [3.8, 4) is 0 Å². The molecule has 0 radical (unpaired) electrons. The lowest BCUT2D eigenvalue weighted by molar-refractivity contribution is 0.325. The number of aryl methyl sites for hydroxylation is 1. The molecule has 16 heavy (non-hydrogen) atoms. The van der Waals surface area contributed by atoms with Gasteiger partial charge in [0.25, 0.3) is 0 Å². The molecule has 1 unspecified atom stereocenters. The van der Waals surface area contributed by atoms with Crippen LogP contribution in [0.4, 0.5) is 0 Å². The summed E-state index contributed by atoms with van der Waals surface area (Å²) in [5.74, 6) is 2.67. The van der Waals surface area contributed by atoms with E-state index in [1.807, 2.05) is 0 Å². The molecule has 1 atom stereocenters. The lowest BCUT2D eigenvalue weighted by atomic mass is 9.91. The first-order chi connectivity index (χ1) is 7.81. The molecule has 1 fully saturated rings. The van der Waals surface area contributed by atoms with Gasteiger partial charge < -0.3 is 10.2 Å². The van der Waals surface area contributed by atoms with Crippen LogP contribution in [0.2, 0.25) is 0 Å². The zero-order valence-electron chi connectivity index (χ0n) is 10.2. The predicted molar refractivity (Wildman–Crippen MR) is 66.2 cm³/mol. The lowest BCUT2D eigenvalue weighted by Gasteiger charge is -2.20. The van der Waals surface area contributed by atoms with Gasteiger partial charge in [-0.3, -0.25) is 0 Å². The fourth-order valence-corrected chi connectivity index (χ4v) is 2.67. The highest BCUT2D eigenvalue weighted by Gasteiger charge is 2.23. The molecule has 2 N–H and O–H groups in total. The van der Waals surface area contributed by atoms with Crippen LogP contribution in [0.5, 0.6) is 0 Å². The molecule has 2 rings (SSSR count). The number of hydrogen-bond donors (Lipinski definition) is 1. The summed E-state index contributed by atoms with van der Waals surface area (Å²) in [6.45, 7) is 2.11. The Kier molecular flexibility index (Phi) is 4.05. The molecular weight excluding hydrogens is 198 g/mol. The molecule has 2 heteroatoms. The van der Waals surface area contributed by atoms with Crippen LogP contribution < -0.4 is 5.73 Å². The van der Waals surface area contributed by atoms with Crippen molar-refractivity contribution >= 4 is 0 Å². The van der Waals surface area contributed by atoms with Crippen LogP contribution in [-0.4, -0.2) is 0 Å². The van der Waals surface area contributed by atoms with Crippen molar-refractivity contribution in [3.63, 3.8) is 0 Å². The summed E-state index contributed by atoms with van der Waals surface area (Å²) in [7, 11) is 0. The second kappa shape index (κ2) is 5.53. The first kappa shape index (κ1) is 11.7. The Bertz CT molecular complexity index is 310. The predicted octanol–water partition coefficient (Wildman–Crippen LogP) is 3.81. The number of nitrogens with two attached hydrogens (primary N) is 1. The molecule has 0 bridgehead atoms. The van der Waals surface area contributed by atoms with Crippen LogP contribution in [0.15, 0.2) is 16.5 Å². The van der Waals surface area contributed by atoms with Crippen molar-refractivity contribution in [2.45, 2.75) is 57.9 Å². The topological polar surface area (TPSA) is 39.2 Å². The molecule has 0 spiro atoms. The van der Waals surface area contributed by atoms with Crippen molar-refractivity contribution in [2.75, 3.05) is 0 Å². The Morgan fingerprint density at radius 3 is 2.50 bits per heavy atom. The summed E-state index contributed by atoms with van der Waals surface area (Å²) in [4.78, 5) is 0. The van der Waals surface area contributed by atoms with Crippen LogP contribution >= 0.6 is 0 Å². The van der Waals surface area contributed by atoms with Crippen molar-refractivity contribution in [1.29, 1.82) is 0 Å². The fraction of sp³-hybridized carbons (Fsp3) is 0.714. The quantitative estimate of drug-likeness (QED) is 0.788. The van der Waals surface area contributed by atoms with Gasteiger partial charge in [-0.25, -0.2) is 0 Å². The van der Waals surface area contributed by atoms with Crippen molar-refractivity contribution < 1.29 is 4.42 Å². The monoisotopic (exact) mass is 221 g/mol. The summed E-state index contributed by atoms with van der Waals surface area (Å²) in [5, 5.41) is 0. The normalized spacial score (nSPS) is 20.6. The van der Waals surface area contributed by atoms with Gasteiger partial charge in [0.05, 0.1) is 6.04 Å². The van der Waals surface area contributed by atoms with Gasteiger partial charge >= 0.3 is 0 Å². The minimum Gasteiger partial charge on any atom is -0.464 e. The van der Waals surface area contributed by atoms with E-state index in [9.17, 15) is 0 Å². The molecule has 1 aromatic rings. The van der Waals surface area contributed by atoms with E-state index in [1.165, 1.54) is 38.5 Å². The Morgan fingerprint density at radius 2 is 1.94 bits per heavy atom. The fourth-order valence-electron chi connectivity index (χ4n) is 2.67. The van der Waals surface area contributed by atoms with E-state index in [1.54, 1.807) is 0 Å². The average molecular weight is 221 g/mol. The molecule has 0 saturated heterocycles. The molecule has 0 aliphatic heterocycles. The van der Waals surface area contributed by atoms with E-state index in [2.05, 4.69) is 19.1 Å². The highest BCUT2D eigenvalue weighted by molar-refractivity contribution is 5.11. The van der Waals surface area contributed by atoms with Crippen LogP contribution in [0.25, 0.3) is 0 Å². The first-order valence-electron chi connectivity index (χ1n) is 6.65. The lowest BCUT2D eigenvalue weighted by Crippen LogP contribution is -2.20. The molecule has 1 heterocycles. The van der Waals surface area contributed by atoms with Gasteiger partial charge in [0.1, 0.15) is 11.5 Å². The zero-order chi connectivity index (χ0) is 11.4. The molecule has 1 aliphatic rings. The van der Waals surface area contributed by atoms with Gasteiger partial charge in [0, 0.05) is 6.42 Å². The van der Waals surface area contributed by atoms with Gasteiger partial charge in [0.15, 0.2) is 0 Å². The summed E-state index contributed by atoms with van der Waals surface area (Å²) in [6.07, 6.45) is 8.91. The number of furan rings is 1. The number of rotatable bonds is 3. The minimum atomic E-state index is 0.110. The van der Waals surface area contributed by atoms with Crippen molar-refractivity contribution in [2.24, 2.45) is 11.7 Å². The van der Waals surface area contributed by atoms with E-state index in [-0.39, 0.29) is 6.04 Å². The Hall–Kier alpha value is -0.760. The SMILES string of the molecule is CCc1ccc(C(N)C2CCCCCC2)o1. The van der Waals surface area contributed by atoms with Gasteiger partial charge in [0.2, 0.25) is 0 Å². The maximum atomic E-state index is 6.31. The molecule has 0 aromatic carbocycles. The molecule has 1 aromatic heterocycles. The standard InChI is InChI=1S/C14H23NO/c1-2-12-9-10-13(16-12)14(15)11-7-5-3-4-6-8-11/h9-11,14H,2-8,15H2,1H3. The van der Waals surface area contributed by atoms with E-state index in [0.717, 1.165) is 17.9 Å². The molecule has 0 amide bonds. The van der Waals surface area contributed by atoms with Crippen LogP contribution in [-0.2, 0) is 6.42 Å². The highest BCUT2D eigenvalue weighted by atomic mass is 16.3. The van der Waals surface area contributed by atoms with Crippen LogP contribution in [0, 0.1) is 5.92 Å². The molecular formula is C14H23NO. The Morgan fingerprint density at radius 1 is 1.25 bits per heavy atom. The van der Waals surface area contributed by atoms with E-state index < -0.39 is 0 Å². The van der Waals surface area contributed by atoms with Crippen molar-refractivity contribution in [3.05, 3.63) is 23.7 Å². The summed E-state index contributed by atoms with van der Waals surface area (Å²) >= 11 is 0. The highest BCUT2D eigenvalue weighted by Crippen LogP contribution is 2.32. The van der Waals surface area contributed by atoms with E-state index in [0.29, 0.717) is 5.92 Å². The Balaban J connectivity index is 2.01. The minimum absolute atomic E-state index is 0.110. The zero-order valence-corrected chi connectivity index (χ0v) is 10.2. The smallest absolute Gasteiger partial charge is 0.121 e. The second-order valence-electron chi connectivity index (χ2n) is 4.94. The summed E-state index contributed by atoms with van der Waals surface area (Å²) < 4.78 is 5.76. The van der Waals surface area contributed by atoms with Crippen LogP contribution in [0.1, 0.15) is 63.0 Å². The Labute approximate surface area is 98.2 Å². The molecule has 1 aliphatic carbocycles. The second-order valence-corrected chi connectivity index (χ2v) is 4.94. The third-order valence-corrected chi connectivity index (χ3v) is 3.77. The average Bonchev–Trinajstić information content (AvgIpc) is 2.62. The molecule has 90 valence electrons. The third kappa shape index (κ3) is 2.67.